The van der Waals surface area contributed by atoms with Crippen LogP contribution in [0.1, 0.15) is 49.3 Å². The highest BCUT2D eigenvalue weighted by Gasteiger charge is 2.40. The Hall–Kier alpha value is -0.860. The van der Waals surface area contributed by atoms with E-state index in [9.17, 15) is 5.11 Å². The van der Waals surface area contributed by atoms with Crippen molar-refractivity contribution in [2.75, 3.05) is 7.11 Å². The van der Waals surface area contributed by atoms with E-state index in [1.54, 1.807) is 7.11 Å². The first-order valence-corrected chi connectivity index (χ1v) is 7.77. The molecule has 0 heterocycles. The summed E-state index contributed by atoms with van der Waals surface area (Å²) in [6, 6.07) is 6.32. The number of aliphatic hydroxyl groups excluding tert-OH is 1. The summed E-state index contributed by atoms with van der Waals surface area (Å²) in [5.74, 6) is 0.755. The van der Waals surface area contributed by atoms with E-state index in [-0.39, 0.29) is 5.60 Å². The van der Waals surface area contributed by atoms with Gasteiger partial charge >= 0.3 is 0 Å². The maximum atomic E-state index is 10.8. The number of rotatable bonds is 4. The molecule has 0 spiro atoms. The summed E-state index contributed by atoms with van der Waals surface area (Å²) in [6.07, 6.45) is 4.52. The van der Waals surface area contributed by atoms with Crippen molar-refractivity contribution in [1.82, 2.24) is 0 Å². The van der Waals surface area contributed by atoms with Crippen LogP contribution in [0, 0.1) is 19.8 Å². The molecule has 0 amide bonds. The van der Waals surface area contributed by atoms with Gasteiger partial charge in [0.1, 0.15) is 0 Å². The van der Waals surface area contributed by atoms with Crippen LogP contribution in [-0.4, -0.2) is 23.9 Å². The predicted octanol–water partition coefficient (Wildman–Crippen LogP) is 3.80. The molecule has 1 unspecified atom stereocenters. The molecule has 1 N–H and O–H groups in total. The Balaban J connectivity index is 2.15. The van der Waals surface area contributed by atoms with Gasteiger partial charge < -0.3 is 9.84 Å². The molecule has 1 fully saturated rings. The minimum Gasteiger partial charge on any atom is -0.390 e. The summed E-state index contributed by atoms with van der Waals surface area (Å²) in [7, 11) is 1.75. The third kappa shape index (κ3) is 3.07. The molecule has 1 aromatic rings. The minimum atomic E-state index is -0.417. The lowest BCUT2D eigenvalue weighted by Crippen LogP contribution is -2.48. The predicted molar refractivity (Wildman–Crippen MR) is 83.0 cm³/mol. The number of hydrogen-bond donors (Lipinski definition) is 1. The molecule has 2 rings (SSSR count). The summed E-state index contributed by atoms with van der Waals surface area (Å²) < 4.78 is 5.79. The Morgan fingerprint density at radius 3 is 2.30 bits per heavy atom. The zero-order valence-electron chi connectivity index (χ0n) is 13.3. The van der Waals surface area contributed by atoms with E-state index in [0.29, 0.717) is 6.42 Å². The zero-order valence-corrected chi connectivity index (χ0v) is 13.3. The fourth-order valence-electron chi connectivity index (χ4n) is 3.47. The number of methoxy groups -OCH3 is 1. The number of benzene rings is 1. The van der Waals surface area contributed by atoms with Gasteiger partial charge in [-0.25, -0.2) is 0 Å². The number of aryl methyl sites for hydroxylation is 2. The molecule has 0 bridgehead atoms. The average Bonchev–Trinajstić information content (AvgIpc) is 2.44. The standard InChI is InChI=1S/C18H28O2/c1-13-8-10-18(20-4,11-9-13)17(19)12-16-14(2)6-5-7-15(16)3/h5-7,13,17,19H,8-12H2,1-4H3. The number of hydrogen-bond acceptors (Lipinski definition) is 2. The summed E-state index contributed by atoms with van der Waals surface area (Å²) >= 11 is 0. The van der Waals surface area contributed by atoms with Gasteiger partial charge in [0.05, 0.1) is 11.7 Å². The van der Waals surface area contributed by atoms with E-state index in [2.05, 4.69) is 39.0 Å². The first-order valence-electron chi connectivity index (χ1n) is 7.77. The van der Waals surface area contributed by atoms with Crippen LogP contribution in [0.15, 0.2) is 18.2 Å². The molecular formula is C18H28O2. The second-order valence-electron chi connectivity index (χ2n) is 6.54. The molecular weight excluding hydrogens is 248 g/mol. The lowest BCUT2D eigenvalue weighted by Gasteiger charge is -2.42. The van der Waals surface area contributed by atoms with Crippen molar-refractivity contribution in [3.05, 3.63) is 34.9 Å². The van der Waals surface area contributed by atoms with Gasteiger partial charge in [0.15, 0.2) is 0 Å². The fourth-order valence-corrected chi connectivity index (χ4v) is 3.47. The SMILES string of the molecule is COC1(C(O)Cc2c(C)cccc2C)CCC(C)CC1. The normalized spacial score (nSPS) is 28.4. The van der Waals surface area contributed by atoms with Gasteiger partial charge in [0.25, 0.3) is 0 Å². The highest BCUT2D eigenvalue weighted by molar-refractivity contribution is 5.34. The lowest BCUT2D eigenvalue weighted by molar-refractivity contribution is -0.127. The highest BCUT2D eigenvalue weighted by atomic mass is 16.5. The van der Waals surface area contributed by atoms with Crippen molar-refractivity contribution in [2.45, 2.75) is 64.6 Å². The van der Waals surface area contributed by atoms with Crippen molar-refractivity contribution in [3.8, 4) is 0 Å². The molecule has 112 valence electrons. The fraction of sp³-hybridized carbons (Fsp3) is 0.667. The number of ether oxygens (including phenoxy) is 1. The molecule has 1 aliphatic rings. The molecule has 20 heavy (non-hydrogen) atoms. The third-order valence-corrected chi connectivity index (χ3v) is 5.18. The van der Waals surface area contributed by atoms with E-state index >= 15 is 0 Å². The zero-order chi connectivity index (χ0) is 14.8. The molecule has 0 aromatic heterocycles. The van der Waals surface area contributed by atoms with E-state index in [1.165, 1.54) is 16.7 Å². The molecule has 1 saturated carbocycles. The minimum absolute atomic E-state index is 0.346. The smallest absolute Gasteiger partial charge is 0.0939 e. The Morgan fingerprint density at radius 1 is 1.25 bits per heavy atom. The molecule has 1 aliphatic carbocycles. The van der Waals surface area contributed by atoms with Crippen molar-refractivity contribution in [1.29, 1.82) is 0 Å². The van der Waals surface area contributed by atoms with Crippen molar-refractivity contribution in [2.24, 2.45) is 5.92 Å². The van der Waals surface area contributed by atoms with Crippen LogP contribution in [0.25, 0.3) is 0 Å². The summed E-state index contributed by atoms with van der Waals surface area (Å²) in [5.41, 5.74) is 3.45. The maximum absolute atomic E-state index is 10.8. The summed E-state index contributed by atoms with van der Waals surface area (Å²) in [6.45, 7) is 6.53. The van der Waals surface area contributed by atoms with Crippen LogP contribution in [0.4, 0.5) is 0 Å². The van der Waals surface area contributed by atoms with Gasteiger partial charge in [-0.05, 0) is 62.1 Å². The van der Waals surface area contributed by atoms with Gasteiger partial charge in [0, 0.05) is 13.5 Å². The molecule has 2 nitrogen and oxygen atoms in total. The monoisotopic (exact) mass is 276 g/mol. The second-order valence-corrected chi connectivity index (χ2v) is 6.54. The second kappa shape index (κ2) is 6.28. The molecule has 1 atom stereocenters. The van der Waals surface area contributed by atoms with Gasteiger partial charge in [-0.1, -0.05) is 25.1 Å². The first-order chi connectivity index (χ1) is 9.48. The topological polar surface area (TPSA) is 29.5 Å². The summed E-state index contributed by atoms with van der Waals surface area (Å²) in [5, 5.41) is 10.8. The molecule has 0 saturated heterocycles. The van der Waals surface area contributed by atoms with Crippen LogP contribution in [-0.2, 0) is 11.2 Å². The molecule has 0 aliphatic heterocycles. The lowest BCUT2D eigenvalue weighted by atomic mass is 9.74. The Labute approximate surface area is 123 Å². The Morgan fingerprint density at radius 2 is 1.80 bits per heavy atom. The number of aliphatic hydroxyl groups is 1. The quantitative estimate of drug-likeness (QED) is 0.906. The van der Waals surface area contributed by atoms with Crippen LogP contribution < -0.4 is 0 Å². The largest absolute Gasteiger partial charge is 0.390 e. The van der Waals surface area contributed by atoms with E-state index in [4.69, 9.17) is 4.74 Å². The highest BCUT2D eigenvalue weighted by Crippen LogP contribution is 2.38. The van der Waals surface area contributed by atoms with Crippen LogP contribution in [0.2, 0.25) is 0 Å². The molecule has 2 heteroatoms. The van der Waals surface area contributed by atoms with Gasteiger partial charge in [-0.3, -0.25) is 0 Å². The maximum Gasteiger partial charge on any atom is 0.0939 e. The van der Waals surface area contributed by atoms with Gasteiger partial charge in [-0.15, -0.1) is 0 Å². The van der Waals surface area contributed by atoms with Crippen molar-refractivity contribution in [3.63, 3.8) is 0 Å². The Bertz CT molecular complexity index is 424. The first kappa shape index (κ1) is 15.5. The van der Waals surface area contributed by atoms with Crippen molar-refractivity contribution < 1.29 is 9.84 Å². The van der Waals surface area contributed by atoms with Crippen molar-refractivity contribution >= 4 is 0 Å². The Kier molecular flexibility index (Phi) is 4.87. The van der Waals surface area contributed by atoms with Crippen LogP contribution >= 0.6 is 0 Å². The van der Waals surface area contributed by atoms with E-state index in [0.717, 1.165) is 31.6 Å². The van der Waals surface area contributed by atoms with Crippen LogP contribution in [0.5, 0.6) is 0 Å². The van der Waals surface area contributed by atoms with Crippen LogP contribution in [0.3, 0.4) is 0 Å². The summed E-state index contributed by atoms with van der Waals surface area (Å²) in [4.78, 5) is 0. The third-order valence-electron chi connectivity index (χ3n) is 5.18. The van der Waals surface area contributed by atoms with E-state index < -0.39 is 6.10 Å². The molecule has 1 aromatic carbocycles. The molecule has 0 radical (unpaired) electrons. The average molecular weight is 276 g/mol. The van der Waals surface area contributed by atoms with Gasteiger partial charge in [-0.2, -0.15) is 0 Å². The van der Waals surface area contributed by atoms with Gasteiger partial charge in [0.2, 0.25) is 0 Å². The van der Waals surface area contributed by atoms with E-state index in [1.807, 2.05) is 0 Å².